The number of benzene rings is 1. The molecule has 1 aliphatic heterocycles. The molecule has 0 bridgehead atoms. The van der Waals surface area contributed by atoms with E-state index in [2.05, 4.69) is 20.8 Å². The number of nitrogens with one attached hydrogen (secondary N) is 2. The van der Waals surface area contributed by atoms with Gasteiger partial charge in [-0.1, -0.05) is 18.2 Å². The molecule has 1 saturated heterocycles. The maximum atomic E-state index is 11.3. The summed E-state index contributed by atoms with van der Waals surface area (Å²) < 4.78 is 0. The van der Waals surface area contributed by atoms with E-state index in [1.54, 1.807) is 12.1 Å². The molecule has 0 spiro atoms. The van der Waals surface area contributed by atoms with Crippen LogP contribution in [0.25, 0.3) is 10.9 Å². The molecule has 21 heavy (non-hydrogen) atoms. The number of aromatic nitrogens is 2. The largest absolute Gasteiger partial charge is 0.476 e. The molecule has 1 aromatic heterocycles. The molecule has 0 aliphatic carbocycles. The summed E-state index contributed by atoms with van der Waals surface area (Å²) in [6, 6.07) is 7.21. The second-order valence-corrected chi connectivity index (χ2v) is 4.93. The van der Waals surface area contributed by atoms with Gasteiger partial charge in [0.1, 0.15) is 0 Å². The second-order valence-electron chi connectivity index (χ2n) is 4.93. The van der Waals surface area contributed by atoms with Crippen molar-refractivity contribution in [2.75, 3.05) is 11.9 Å². The quantitative estimate of drug-likeness (QED) is 0.778. The number of hydrogen-bond donors (Lipinski definition) is 3. The van der Waals surface area contributed by atoms with Gasteiger partial charge in [-0.15, -0.1) is 10.2 Å². The Bertz CT molecular complexity index is 706. The average molecular weight is 286 g/mol. The van der Waals surface area contributed by atoms with E-state index in [-0.39, 0.29) is 17.6 Å². The van der Waals surface area contributed by atoms with Gasteiger partial charge < -0.3 is 15.7 Å². The van der Waals surface area contributed by atoms with Crippen LogP contribution in [0, 0.1) is 0 Å². The van der Waals surface area contributed by atoms with Crippen molar-refractivity contribution in [2.45, 2.75) is 18.9 Å². The van der Waals surface area contributed by atoms with Crippen molar-refractivity contribution < 1.29 is 14.7 Å². The number of hydrogen-bond acceptors (Lipinski definition) is 5. The minimum absolute atomic E-state index is 0.0178. The molecule has 7 heteroatoms. The summed E-state index contributed by atoms with van der Waals surface area (Å²) in [7, 11) is 0. The molecule has 2 heterocycles. The van der Waals surface area contributed by atoms with E-state index < -0.39 is 5.97 Å². The Morgan fingerprint density at radius 2 is 2.14 bits per heavy atom. The number of carbonyl (C=O) groups excluding carboxylic acids is 1. The highest BCUT2D eigenvalue weighted by Crippen LogP contribution is 2.26. The molecule has 1 aromatic carbocycles. The van der Waals surface area contributed by atoms with Crippen LogP contribution in [0.15, 0.2) is 24.3 Å². The zero-order valence-electron chi connectivity index (χ0n) is 11.2. The molecule has 1 atom stereocenters. The number of fused-ring (bicyclic) bond motifs is 1. The van der Waals surface area contributed by atoms with Crippen LogP contribution in [0.5, 0.6) is 0 Å². The van der Waals surface area contributed by atoms with Crippen molar-refractivity contribution in [1.82, 2.24) is 15.5 Å². The summed E-state index contributed by atoms with van der Waals surface area (Å²) in [6.45, 7) is 0.467. The Kier molecular flexibility index (Phi) is 3.39. The lowest BCUT2D eigenvalue weighted by Gasteiger charge is -2.25. The number of anilines is 1. The fourth-order valence-electron chi connectivity index (χ4n) is 2.41. The molecule has 0 saturated carbocycles. The van der Waals surface area contributed by atoms with E-state index in [1.807, 2.05) is 12.1 Å². The SMILES string of the molecule is O=C1CCC(Nc2c(C(=O)O)nnc3ccccc23)CN1. The fraction of sp³-hybridized carbons (Fsp3) is 0.286. The van der Waals surface area contributed by atoms with Crippen LogP contribution in [-0.2, 0) is 4.79 Å². The van der Waals surface area contributed by atoms with Crippen molar-refractivity contribution in [3.8, 4) is 0 Å². The third-order valence-corrected chi connectivity index (χ3v) is 3.48. The number of carboxylic acid groups (broad SMARTS) is 1. The molecule has 1 fully saturated rings. The van der Waals surface area contributed by atoms with Crippen molar-refractivity contribution in [2.24, 2.45) is 0 Å². The van der Waals surface area contributed by atoms with Gasteiger partial charge in [-0.2, -0.15) is 0 Å². The Morgan fingerprint density at radius 3 is 2.86 bits per heavy atom. The Balaban J connectivity index is 2.00. The first-order valence-corrected chi connectivity index (χ1v) is 6.67. The van der Waals surface area contributed by atoms with Crippen molar-refractivity contribution in [3.63, 3.8) is 0 Å². The van der Waals surface area contributed by atoms with Gasteiger partial charge in [0.2, 0.25) is 5.91 Å². The third kappa shape index (κ3) is 2.62. The first-order chi connectivity index (χ1) is 10.1. The first kappa shape index (κ1) is 13.3. The Hall–Kier alpha value is -2.70. The predicted octanol–water partition coefficient (Wildman–Crippen LogP) is 1.02. The summed E-state index contributed by atoms with van der Waals surface area (Å²) in [4.78, 5) is 22.5. The number of nitrogens with zero attached hydrogens (tertiary/aromatic N) is 2. The van der Waals surface area contributed by atoms with Crippen molar-refractivity contribution in [1.29, 1.82) is 0 Å². The lowest BCUT2D eigenvalue weighted by atomic mass is 10.1. The number of carboxylic acids is 1. The van der Waals surface area contributed by atoms with Gasteiger partial charge in [0, 0.05) is 24.4 Å². The Morgan fingerprint density at radius 1 is 1.33 bits per heavy atom. The van der Waals surface area contributed by atoms with E-state index in [1.165, 1.54) is 0 Å². The van der Waals surface area contributed by atoms with E-state index >= 15 is 0 Å². The zero-order valence-corrected chi connectivity index (χ0v) is 11.2. The van der Waals surface area contributed by atoms with Gasteiger partial charge >= 0.3 is 5.97 Å². The van der Waals surface area contributed by atoms with E-state index in [4.69, 9.17) is 0 Å². The normalized spacial score (nSPS) is 18.3. The standard InChI is InChI=1S/C14H14N4O3/c19-11-6-5-8(7-15-11)16-12-9-3-1-2-4-10(9)17-18-13(12)14(20)21/h1-4,8H,5-7H2,(H,15,19)(H,16,17)(H,20,21). The molecular weight excluding hydrogens is 272 g/mol. The van der Waals surface area contributed by atoms with Crippen molar-refractivity contribution >= 4 is 28.5 Å². The highest BCUT2D eigenvalue weighted by atomic mass is 16.4. The highest BCUT2D eigenvalue weighted by molar-refractivity contribution is 6.02. The molecule has 2 aromatic rings. The first-order valence-electron chi connectivity index (χ1n) is 6.67. The molecule has 3 rings (SSSR count). The van der Waals surface area contributed by atoms with Crippen LogP contribution < -0.4 is 10.6 Å². The van der Waals surface area contributed by atoms with Crippen LogP contribution in [0.3, 0.4) is 0 Å². The number of aromatic carboxylic acids is 1. The van der Waals surface area contributed by atoms with Crippen LogP contribution >= 0.6 is 0 Å². The molecular formula is C14H14N4O3. The van der Waals surface area contributed by atoms with Gasteiger partial charge in [-0.05, 0) is 12.5 Å². The van der Waals surface area contributed by atoms with E-state index in [9.17, 15) is 14.7 Å². The van der Waals surface area contributed by atoms with Gasteiger partial charge in [0.05, 0.1) is 11.2 Å². The van der Waals surface area contributed by atoms with Gasteiger partial charge in [-0.25, -0.2) is 4.79 Å². The predicted molar refractivity (Wildman–Crippen MR) is 76.2 cm³/mol. The lowest BCUT2D eigenvalue weighted by Crippen LogP contribution is -2.42. The monoisotopic (exact) mass is 286 g/mol. The van der Waals surface area contributed by atoms with E-state index in [0.717, 1.165) is 0 Å². The smallest absolute Gasteiger partial charge is 0.358 e. The minimum atomic E-state index is -1.13. The fourth-order valence-corrected chi connectivity index (χ4v) is 2.41. The van der Waals surface area contributed by atoms with E-state index in [0.29, 0.717) is 36.0 Å². The molecule has 3 N–H and O–H groups in total. The maximum Gasteiger partial charge on any atom is 0.358 e. The van der Waals surface area contributed by atoms with Crippen molar-refractivity contribution in [3.05, 3.63) is 30.0 Å². The maximum absolute atomic E-state index is 11.3. The molecule has 1 aliphatic rings. The molecule has 7 nitrogen and oxygen atoms in total. The van der Waals surface area contributed by atoms with Crippen LogP contribution in [-0.4, -0.2) is 39.8 Å². The van der Waals surface area contributed by atoms with Crippen LogP contribution in [0.2, 0.25) is 0 Å². The lowest BCUT2D eigenvalue weighted by molar-refractivity contribution is -0.122. The van der Waals surface area contributed by atoms with Crippen LogP contribution in [0.4, 0.5) is 5.69 Å². The number of piperidine rings is 1. The summed E-state index contributed by atoms with van der Waals surface area (Å²) in [5.41, 5.74) is 0.977. The molecule has 0 radical (unpaired) electrons. The second kappa shape index (κ2) is 5.35. The van der Waals surface area contributed by atoms with Crippen LogP contribution in [0.1, 0.15) is 23.3 Å². The zero-order chi connectivity index (χ0) is 14.8. The summed E-state index contributed by atoms with van der Waals surface area (Å²) in [5, 5.41) is 23.7. The summed E-state index contributed by atoms with van der Waals surface area (Å²) >= 11 is 0. The van der Waals surface area contributed by atoms with Gasteiger partial charge in [0.15, 0.2) is 5.69 Å². The van der Waals surface area contributed by atoms with Gasteiger partial charge in [-0.3, -0.25) is 4.79 Å². The number of carbonyl (C=O) groups is 2. The number of amides is 1. The Labute approximate surface area is 120 Å². The minimum Gasteiger partial charge on any atom is -0.476 e. The number of rotatable bonds is 3. The third-order valence-electron chi connectivity index (χ3n) is 3.48. The average Bonchev–Trinajstić information content (AvgIpc) is 2.49. The molecule has 1 unspecified atom stereocenters. The summed E-state index contributed by atoms with van der Waals surface area (Å²) in [6.07, 6.45) is 1.08. The molecule has 108 valence electrons. The van der Waals surface area contributed by atoms with Gasteiger partial charge in [0.25, 0.3) is 0 Å². The highest BCUT2D eigenvalue weighted by Gasteiger charge is 2.22. The molecule has 1 amide bonds. The summed E-state index contributed by atoms with van der Waals surface area (Å²) in [5.74, 6) is -1.11. The topological polar surface area (TPSA) is 104 Å².